The molecule has 0 saturated carbocycles. The highest BCUT2D eigenvalue weighted by Gasteiger charge is 2.05. The summed E-state index contributed by atoms with van der Waals surface area (Å²) in [6.45, 7) is 2.26. The van der Waals surface area contributed by atoms with Crippen molar-refractivity contribution < 1.29 is 4.74 Å². The van der Waals surface area contributed by atoms with Gasteiger partial charge in [-0.3, -0.25) is 0 Å². The molecule has 0 unspecified atom stereocenters. The van der Waals surface area contributed by atoms with Crippen LogP contribution in [0.5, 0.6) is 5.75 Å². The summed E-state index contributed by atoms with van der Waals surface area (Å²) < 4.78 is 5.16. The van der Waals surface area contributed by atoms with Crippen molar-refractivity contribution in [2.75, 3.05) is 7.11 Å². The predicted molar refractivity (Wildman–Crippen MR) is 71.6 cm³/mol. The average molecular weight is 226 g/mol. The van der Waals surface area contributed by atoms with E-state index in [9.17, 15) is 0 Å². The number of methoxy groups -OCH3 is 1. The molecule has 0 N–H and O–H groups in total. The molecule has 0 spiro atoms. The lowest BCUT2D eigenvalue weighted by Gasteiger charge is -2.12. The highest BCUT2D eigenvalue weighted by molar-refractivity contribution is 5.29. The van der Waals surface area contributed by atoms with Crippen LogP contribution < -0.4 is 4.74 Å². The Hall–Kier alpha value is -1.76. The van der Waals surface area contributed by atoms with Gasteiger partial charge in [-0.05, 0) is 35.6 Å². The average Bonchev–Trinajstić information content (AvgIpc) is 2.40. The Bertz CT molecular complexity index is 445. The summed E-state index contributed by atoms with van der Waals surface area (Å²) in [5.74, 6) is 1.46. The van der Waals surface area contributed by atoms with Crippen LogP contribution in [-0.2, 0) is 6.42 Å². The first-order valence-corrected chi connectivity index (χ1v) is 5.97. The second-order valence-corrected chi connectivity index (χ2v) is 4.36. The van der Waals surface area contributed by atoms with E-state index in [0.717, 1.165) is 12.2 Å². The van der Waals surface area contributed by atoms with Crippen LogP contribution in [0, 0.1) is 0 Å². The number of rotatable bonds is 4. The van der Waals surface area contributed by atoms with Gasteiger partial charge in [-0.25, -0.2) is 0 Å². The van der Waals surface area contributed by atoms with Gasteiger partial charge in [0.15, 0.2) is 0 Å². The van der Waals surface area contributed by atoms with Gasteiger partial charge in [0, 0.05) is 0 Å². The molecule has 0 radical (unpaired) electrons. The van der Waals surface area contributed by atoms with Gasteiger partial charge in [0.1, 0.15) is 5.75 Å². The van der Waals surface area contributed by atoms with Gasteiger partial charge >= 0.3 is 0 Å². The molecule has 0 saturated heterocycles. The summed E-state index contributed by atoms with van der Waals surface area (Å²) in [5, 5.41) is 0. The van der Waals surface area contributed by atoms with Crippen molar-refractivity contribution in [3.8, 4) is 5.75 Å². The molecule has 0 bridgehead atoms. The minimum absolute atomic E-state index is 0.546. The lowest BCUT2D eigenvalue weighted by Crippen LogP contribution is -1.98. The second kappa shape index (κ2) is 5.53. The fourth-order valence-corrected chi connectivity index (χ4v) is 2.01. The third-order valence-electron chi connectivity index (χ3n) is 3.07. The first-order valence-electron chi connectivity index (χ1n) is 5.97. The van der Waals surface area contributed by atoms with Crippen LogP contribution >= 0.6 is 0 Å². The lowest BCUT2D eigenvalue weighted by molar-refractivity contribution is 0.414. The zero-order valence-corrected chi connectivity index (χ0v) is 10.4. The molecular formula is C16H18O. The molecule has 0 aliphatic heterocycles. The maximum Gasteiger partial charge on any atom is 0.118 e. The van der Waals surface area contributed by atoms with Crippen LogP contribution in [0.3, 0.4) is 0 Å². The molecule has 2 rings (SSSR count). The molecule has 0 aliphatic rings. The van der Waals surface area contributed by atoms with Crippen LogP contribution in [0.4, 0.5) is 0 Å². The molecule has 17 heavy (non-hydrogen) atoms. The van der Waals surface area contributed by atoms with E-state index in [0.29, 0.717) is 5.92 Å². The maximum absolute atomic E-state index is 5.16. The molecule has 0 amide bonds. The van der Waals surface area contributed by atoms with Gasteiger partial charge in [0.05, 0.1) is 7.11 Å². The van der Waals surface area contributed by atoms with E-state index in [1.54, 1.807) is 7.11 Å². The Morgan fingerprint density at radius 2 is 1.59 bits per heavy atom. The zero-order chi connectivity index (χ0) is 12.1. The van der Waals surface area contributed by atoms with E-state index in [1.165, 1.54) is 11.1 Å². The third-order valence-corrected chi connectivity index (χ3v) is 3.07. The number of hydrogen-bond donors (Lipinski definition) is 0. The molecule has 2 aromatic rings. The number of hydrogen-bond acceptors (Lipinski definition) is 1. The highest BCUT2D eigenvalue weighted by atomic mass is 16.5. The Morgan fingerprint density at radius 3 is 2.18 bits per heavy atom. The van der Waals surface area contributed by atoms with Gasteiger partial charge in [0.2, 0.25) is 0 Å². The monoisotopic (exact) mass is 226 g/mol. The van der Waals surface area contributed by atoms with Gasteiger partial charge in [-0.15, -0.1) is 0 Å². The molecule has 0 aromatic heterocycles. The quantitative estimate of drug-likeness (QED) is 0.764. The summed E-state index contributed by atoms with van der Waals surface area (Å²) >= 11 is 0. The van der Waals surface area contributed by atoms with Gasteiger partial charge in [-0.2, -0.15) is 0 Å². The summed E-state index contributed by atoms with van der Waals surface area (Å²) in [4.78, 5) is 0. The number of ether oxygens (including phenoxy) is 1. The summed E-state index contributed by atoms with van der Waals surface area (Å²) in [5.41, 5.74) is 2.74. The summed E-state index contributed by atoms with van der Waals surface area (Å²) in [7, 11) is 1.70. The minimum atomic E-state index is 0.546. The van der Waals surface area contributed by atoms with Crippen molar-refractivity contribution in [1.82, 2.24) is 0 Å². The van der Waals surface area contributed by atoms with Crippen LogP contribution in [0.15, 0.2) is 54.6 Å². The van der Waals surface area contributed by atoms with Gasteiger partial charge < -0.3 is 4.74 Å². The SMILES string of the molecule is COc1ccc(C[C@H](C)c2ccccc2)cc1. The molecule has 1 nitrogen and oxygen atoms in total. The van der Waals surface area contributed by atoms with E-state index in [4.69, 9.17) is 4.74 Å². The standard InChI is InChI=1S/C16H18O/c1-13(15-6-4-3-5-7-15)12-14-8-10-16(17-2)11-9-14/h3-11,13H,12H2,1-2H3/t13-/m0/s1. The Morgan fingerprint density at radius 1 is 0.941 bits per heavy atom. The summed E-state index contributed by atoms with van der Waals surface area (Å²) in [6.07, 6.45) is 1.06. The van der Waals surface area contributed by atoms with E-state index in [2.05, 4.69) is 49.4 Å². The fraction of sp³-hybridized carbons (Fsp3) is 0.250. The third kappa shape index (κ3) is 3.10. The van der Waals surface area contributed by atoms with Crippen LogP contribution in [-0.4, -0.2) is 7.11 Å². The topological polar surface area (TPSA) is 9.23 Å². The number of benzene rings is 2. The zero-order valence-electron chi connectivity index (χ0n) is 10.4. The maximum atomic E-state index is 5.16. The van der Waals surface area contributed by atoms with Crippen LogP contribution in [0.25, 0.3) is 0 Å². The fourth-order valence-electron chi connectivity index (χ4n) is 2.01. The van der Waals surface area contributed by atoms with Crippen molar-refractivity contribution in [3.05, 3.63) is 65.7 Å². The van der Waals surface area contributed by atoms with Crippen molar-refractivity contribution in [3.63, 3.8) is 0 Å². The van der Waals surface area contributed by atoms with Gasteiger partial charge in [-0.1, -0.05) is 49.4 Å². The van der Waals surface area contributed by atoms with Crippen molar-refractivity contribution in [2.45, 2.75) is 19.3 Å². The highest BCUT2D eigenvalue weighted by Crippen LogP contribution is 2.21. The van der Waals surface area contributed by atoms with E-state index in [-0.39, 0.29) is 0 Å². The molecular weight excluding hydrogens is 208 g/mol. The molecule has 2 aromatic carbocycles. The smallest absolute Gasteiger partial charge is 0.118 e. The first-order chi connectivity index (χ1) is 8.29. The van der Waals surface area contributed by atoms with Crippen molar-refractivity contribution in [1.29, 1.82) is 0 Å². The van der Waals surface area contributed by atoms with E-state index >= 15 is 0 Å². The molecule has 0 heterocycles. The second-order valence-electron chi connectivity index (χ2n) is 4.36. The Labute approximate surface area is 103 Å². The Balaban J connectivity index is 2.05. The molecule has 1 atom stereocenters. The normalized spacial score (nSPS) is 12.1. The Kier molecular flexibility index (Phi) is 3.81. The summed E-state index contributed by atoms with van der Waals surface area (Å²) in [6, 6.07) is 18.9. The van der Waals surface area contributed by atoms with Crippen LogP contribution in [0.2, 0.25) is 0 Å². The predicted octanol–water partition coefficient (Wildman–Crippen LogP) is 4.04. The largest absolute Gasteiger partial charge is 0.497 e. The molecule has 88 valence electrons. The minimum Gasteiger partial charge on any atom is -0.497 e. The van der Waals surface area contributed by atoms with Crippen LogP contribution in [0.1, 0.15) is 24.0 Å². The molecule has 0 fully saturated rings. The first kappa shape index (κ1) is 11.7. The van der Waals surface area contributed by atoms with E-state index < -0.39 is 0 Å². The lowest BCUT2D eigenvalue weighted by atomic mass is 9.94. The van der Waals surface area contributed by atoms with Crippen molar-refractivity contribution in [2.24, 2.45) is 0 Å². The van der Waals surface area contributed by atoms with E-state index in [1.807, 2.05) is 12.1 Å². The van der Waals surface area contributed by atoms with Gasteiger partial charge in [0.25, 0.3) is 0 Å². The molecule has 0 aliphatic carbocycles. The van der Waals surface area contributed by atoms with Crippen molar-refractivity contribution >= 4 is 0 Å². The molecule has 1 heteroatoms.